The van der Waals surface area contributed by atoms with Gasteiger partial charge in [-0.3, -0.25) is 9.59 Å². The summed E-state index contributed by atoms with van der Waals surface area (Å²) in [4.78, 5) is 25.9. The molecule has 1 fully saturated rings. The molecule has 1 atom stereocenters. The van der Waals surface area contributed by atoms with Crippen LogP contribution < -0.4 is 10.1 Å². The maximum absolute atomic E-state index is 13.8. The lowest BCUT2D eigenvalue weighted by atomic mass is 9.89. The Morgan fingerprint density at radius 2 is 1.71 bits per heavy atom. The Kier molecular flexibility index (Phi) is 11.9. The van der Waals surface area contributed by atoms with Crippen molar-refractivity contribution < 1.29 is 27.5 Å². The van der Waals surface area contributed by atoms with Gasteiger partial charge in [0, 0.05) is 12.3 Å². The predicted molar refractivity (Wildman–Crippen MR) is 149 cm³/mol. The van der Waals surface area contributed by atoms with Gasteiger partial charge in [0.25, 0.3) is 0 Å². The van der Waals surface area contributed by atoms with Crippen molar-refractivity contribution in [1.29, 1.82) is 0 Å². The van der Waals surface area contributed by atoms with Crippen LogP contribution in [0.25, 0.3) is 0 Å². The van der Waals surface area contributed by atoms with Gasteiger partial charge in [-0.25, -0.2) is 8.42 Å². The van der Waals surface area contributed by atoms with E-state index in [0.717, 1.165) is 41.3 Å². The molecule has 1 N–H and O–H groups in total. The van der Waals surface area contributed by atoms with Gasteiger partial charge in [0.15, 0.2) is 0 Å². The summed E-state index contributed by atoms with van der Waals surface area (Å²) in [6, 6.07) is 14.7. The third kappa shape index (κ3) is 8.74. The molecule has 0 radical (unpaired) electrons. The smallest absolute Gasteiger partial charge is 0.324 e. The third-order valence-electron chi connectivity index (χ3n) is 6.75. The van der Waals surface area contributed by atoms with Crippen LogP contribution >= 0.6 is 11.8 Å². The fourth-order valence-electron chi connectivity index (χ4n) is 4.57. The molecular formula is C28H38N2O6S2. The predicted octanol–water partition coefficient (Wildman–Crippen LogP) is 4.25. The molecular weight excluding hydrogens is 524 g/mol. The zero-order valence-electron chi connectivity index (χ0n) is 22.1. The molecule has 0 heterocycles. The van der Waals surface area contributed by atoms with E-state index in [1.807, 2.05) is 30.3 Å². The average Bonchev–Trinajstić information content (AvgIpc) is 2.96. The summed E-state index contributed by atoms with van der Waals surface area (Å²) in [5, 5.41) is 2.90. The number of hydrogen-bond donors (Lipinski definition) is 1. The largest absolute Gasteiger partial charge is 0.497 e. The number of carbonyl (C=O) groups excluding carboxylic acids is 2. The summed E-state index contributed by atoms with van der Waals surface area (Å²) >= 11 is 1.59. The molecule has 0 bridgehead atoms. The lowest BCUT2D eigenvalue weighted by molar-refractivity contribution is -0.145. The van der Waals surface area contributed by atoms with Crippen LogP contribution in [-0.2, 0) is 30.1 Å². The van der Waals surface area contributed by atoms with Gasteiger partial charge in [-0.05, 0) is 60.8 Å². The molecule has 1 unspecified atom stereocenters. The highest BCUT2D eigenvalue weighted by molar-refractivity contribution is 7.98. The van der Waals surface area contributed by atoms with Crippen LogP contribution in [0.2, 0.25) is 0 Å². The van der Waals surface area contributed by atoms with E-state index in [1.165, 1.54) is 44.9 Å². The molecule has 0 saturated heterocycles. The molecule has 1 aliphatic rings. The molecule has 208 valence electrons. The van der Waals surface area contributed by atoms with Gasteiger partial charge >= 0.3 is 5.97 Å². The van der Waals surface area contributed by atoms with Crippen LogP contribution in [0.15, 0.2) is 59.5 Å². The maximum Gasteiger partial charge on any atom is 0.324 e. The Bertz CT molecular complexity index is 1120. The first kappa shape index (κ1) is 30.0. The van der Waals surface area contributed by atoms with Crippen LogP contribution in [0, 0.1) is 5.92 Å². The Labute approximate surface area is 230 Å². The molecule has 2 aromatic rings. The van der Waals surface area contributed by atoms with E-state index in [4.69, 9.17) is 9.47 Å². The van der Waals surface area contributed by atoms with Gasteiger partial charge in [0.05, 0.1) is 25.7 Å². The fourth-order valence-corrected chi connectivity index (χ4v) is 7.09. The molecule has 0 aliphatic heterocycles. The van der Waals surface area contributed by atoms with E-state index >= 15 is 0 Å². The van der Waals surface area contributed by atoms with E-state index in [1.54, 1.807) is 11.8 Å². The summed E-state index contributed by atoms with van der Waals surface area (Å²) in [5.41, 5.74) is 1.14. The number of amides is 1. The van der Waals surface area contributed by atoms with E-state index < -0.39 is 34.5 Å². The van der Waals surface area contributed by atoms with Crippen LogP contribution in [0.1, 0.15) is 44.1 Å². The number of carbonyl (C=O) groups is 2. The number of nitrogens with zero attached hydrogens (tertiary/aromatic N) is 1. The SMILES string of the molecule is COC(=O)C(CCSCc1ccccc1)N(CC(=O)NCC1CCCCC1)S(=O)(=O)c1ccc(OC)cc1. The monoisotopic (exact) mass is 562 g/mol. The first-order valence-corrected chi connectivity index (χ1v) is 15.6. The van der Waals surface area contributed by atoms with Gasteiger partial charge in [0.2, 0.25) is 15.9 Å². The van der Waals surface area contributed by atoms with Crippen LogP contribution in [0.3, 0.4) is 0 Å². The van der Waals surface area contributed by atoms with Gasteiger partial charge in [0.1, 0.15) is 11.8 Å². The standard InChI is InChI=1S/C28H38N2O6S2/c1-35-24-13-15-25(16-14-24)38(33,34)30(20-27(31)29-19-22-9-5-3-6-10-22)26(28(32)36-2)17-18-37-21-23-11-7-4-8-12-23/h4,7-8,11-16,22,26H,3,5-6,9-10,17-21H2,1-2H3,(H,29,31). The van der Waals surface area contributed by atoms with Crippen molar-refractivity contribution in [2.45, 2.75) is 55.2 Å². The van der Waals surface area contributed by atoms with E-state index in [0.29, 0.717) is 24.0 Å². The number of benzene rings is 2. The molecule has 2 aromatic carbocycles. The minimum Gasteiger partial charge on any atom is -0.497 e. The molecule has 8 nitrogen and oxygen atoms in total. The Morgan fingerprint density at radius 1 is 1.03 bits per heavy atom. The minimum atomic E-state index is -4.20. The van der Waals surface area contributed by atoms with Gasteiger partial charge in [-0.1, -0.05) is 49.6 Å². The van der Waals surface area contributed by atoms with Crippen molar-refractivity contribution in [1.82, 2.24) is 9.62 Å². The van der Waals surface area contributed by atoms with E-state index in [9.17, 15) is 18.0 Å². The fraction of sp³-hybridized carbons (Fsp3) is 0.500. The average molecular weight is 563 g/mol. The molecule has 1 amide bonds. The van der Waals surface area contributed by atoms with Crippen LogP contribution in [0.5, 0.6) is 5.75 Å². The van der Waals surface area contributed by atoms with Crippen LogP contribution in [-0.4, -0.2) is 63.7 Å². The Hall–Kier alpha value is -2.56. The highest BCUT2D eigenvalue weighted by atomic mass is 32.2. The number of nitrogens with one attached hydrogen (secondary N) is 1. The van der Waals surface area contributed by atoms with E-state index in [-0.39, 0.29) is 11.3 Å². The quantitative estimate of drug-likeness (QED) is 0.271. The zero-order valence-corrected chi connectivity index (χ0v) is 23.8. The summed E-state index contributed by atoms with van der Waals surface area (Å²) < 4.78 is 38.7. The zero-order chi connectivity index (χ0) is 27.4. The van der Waals surface area contributed by atoms with Gasteiger partial charge < -0.3 is 14.8 Å². The van der Waals surface area contributed by atoms with Crippen LogP contribution in [0.4, 0.5) is 0 Å². The second kappa shape index (κ2) is 15.1. The van der Waals surface area contributed by atoms with Crippen molar-refractivity contribution >= 4 is 33.7 Å². The highest BCUT2D eigenvalue weighted by Crippen LogP contribution is 2.25. The lowest BCUT2D eigenvalue weighted by Gasteiger charge is -2.29. The molecule has 1 aliphatic carbocycles. The second-order valence-corrected chi connectivity index (χ2v) is 12.4. The van der Waals surface area contributed by atoms with Crippen molar-refractivity contribution in [2.75, 3.05) is 33.1 Å². The van der Waals surface area contributed by atoms with Gasteiger partial charge in [-0.15, -0.1) is 0 Å². The number of sulfonamides is 1. The summed E-state index contributed by atoms with van der Waals surface area (Å²) in [5.74, 6) is 1.00. The number of hydrogen-bond acceptors (Lipinski definition) is 7. The second-order valence-electron chi connectivity index (χ2n) is 9.40. The Balaban J connectivity index is 1.78. The lowest BCUT2D eigenvalue weighted by Crippen LogP contribution is -2.50. The first-order valence-electron chi connectivity index (χ1n) is 13.0. The first-order chi connectivity index (χ1) is 18.3. The van der Waals surface area contributed by atoms with Gasteiger partial charge in [-0.2, -0.15) is 16.1 Å². The van der Waals surface area contributed by atoms with Crippen molar-refractivity contribution in [3.63, 3.8) is 0 Å². The van der Waals surface area contributed by atoms with Crippen molar-refractivity contribution in [3.05, 3.63) is 60.2 Å². The minimum absolute atomic E-state index is 0.0239. The molecule has 3 rings (SSSR count). The molecule has 0 spiro atoms. The molecule has 38 heavy (non-hydrogen) atoms. The number of esters is 1. The number of rotatable bonds is 14. The number of methoxy groups -OCH3 is 2. The Morgan fingerprint density at radius 3 is 2.34 bits per heavy atom. The topological polar surface area (TPSA) is 102 Å². The van der Waals surface area contributed by atoms with E-state index in [2.05, 4.69) is 5.32 Å². The van der Waals surface area contributed by atoms with Crippen molar-refractivity contribution in [3.8, 4) is 5.75 Å². The van der Waals surface area contributed by atoms with Crippen molar-refractivity contribution in [2.24, 2.45) is 5.92 Å². The normalized spacial score (nSPS) is 15.1. The third-order valence-corrected chi connectivity index (χ3v) is 9.68. The molecule has 10 heteroatoms. The summed E-state index contributed by atoms with van der Waals surface area (Å²) in [7, 11) is -1.48. The maximum atomic E-state index is 13.8. The summed E-state index contributed by atoms with van der Waals surface area (Å²) in [6.07, 6.45) is 5.80. The highest BCUT2D eigenvalue weighted by Gasteiger charge is 2.38. The summed E-state index contributed by atoms with van der Waals surface area (Å²) in [6.45, 7) is 0.0370. The molecule has 1 saturated carbocycles. The number of ether oxygens (including phenoxy) is 2. The number of thioether (sulfide) groups is 1. The molecule has 0 aromatic heterocycles.